The fourth-order valence-corrected chi connectivity index (χ4v) is 3.31. The van der Waals surface area contributed by atoms with Crippen LogP contribution < -0.4 is 15.4 Å². The van der Waals surface area contributed by atoms with Gasteiger partial charge in [0.1, 0.15) is 5.75 Å². The molecule has 0 saturated carbocycles. The number of nitrogens with zero attached hydrogens (tertiary/aromatic N) is 2. The predicted octanol–water partition coefficient (Wildman–Crippen LogP) is 2.05. The number of hydrogen-bond acceptors (Lipinski definition) is 3. The number of carbonyl (C=O) groups excluding carboxylic acids is 1. The van der Waals surface area contributed by atoms with Gasteiger partial charge in [-0.05, 0) is 36.8 Å². The summed E-state index contributed by atoms with van der Waals surface area (Å²) in [4.78, 5) is 18.5. The Morgan fingerprint density at radius 3 is 2.81 bits per heavy atom. The van der Waals surface area contributed by atoms with Gasteiger partial charge >= 0.3 is 0 Å². The highest BCUT2D eigenvalue weighted by Gasteiger charge is 2.20. The average molecular weight is 361 g/mol. The molecule has 1 aliphatic heterocycles. The molecule has 6 heteroatoms. The Balaban J connectivity index is 1.68. The minimum atomic E-state index is 0.230. The minimum Gasteiger partial charge on any atom is -0.496 e. The second-order valence-electron chi connectivity index (χ2n) is 6.82. The van der Waals surface area contributed by atoms with Gasteiger partial charge in [0.2, 0.25) is 5.91 Å². The van der Waals surface area contributed by atoms with Gasteiger partial charge in [0, 0.05) is 39.6 Å². The second-order valence-corrected chi connectivity index (χ2v) is 6.82. The standard InChI is InChI=1S/C20H32N4O2/c1-16-7-6-14-24(15-16)19(25)11-13-23-20(21-2)22-12-10-17-8-4-5-9-18(17)26-3/h4-5,8-9,16H,6-7,10-15H2,1-3H3,(H2,21,22,23). The number of methoxy groups -OCH3 is 1. The fraction of sp³-hybridized carbons (Fsp3) is 0.600. The van der Waals surface area contributed by atoms with Gasteiger partial charge in [-0.3, -0.25) is 9.79 Å². The molecule has 1 aromatic rings. The highest BCUT2D eigenvalue weighted by Crippen LogP contribution is 2.17. The first-order chi connectivity index (χ1) is 12.6. The van der Waals surface area contributed by atoms with Gasteiger partial charge in [-0.25, -0.2) is 0 Å². The van der Waals surface area contributed by atoms with E-state index in [0.29, 0.717) is 18.9 Å². The lowest BCUT2D eigenvalue weighted by Gasteiger charge is -2.31. The molecule has 2 N–H and O–H groups in total. The van der Waals surface area contributed by atoms with Crippen LogP contribution in [0.4, 0.5) is 0 Å². The summed E-state index contributed by atoms with van der Waals surface area (Å²) in [6.07, 6.45) is 3.69. The molecule has 26 heavy (non-hydrogen) atoms. The van der Waals surface area contributed by atoms with Crippen LogP contribution in [0.2, 0.25) is 0 Å². The molecule has 0 aromatic heterocycles. The van der Waals surface area contributed by atoms with E-state index in [4.69, 9.17) is 4.74 Å². The molecule has 1 fully saturated rings. The molecule has 1 heterocycles. The van der Waals surface area contributed by atoms with Crippen molar-refractivity contribution in [1.82, 2.24) is 15.5 Å². The van der Waals surface area contributed by atoms with Crippen LogP contribution in [-0.4, -0.2) is 57.1 Å². The van der Waals surface area contributed by atoms with E-state index in [2.05, 4.69) is 28.6 Å². The van der Waals surface area contributed by atoms with E-state index >= 15 is 0 Å². The number of amides is 1. The Hall–Kier alpha value is -2.24. The van der Waals surface area contributed by atoms with Crippen LogP contribution in [0, 0.1) is 5.92 Å². The van der Waals surface area contributed by atoms with Crippen LogP contribution in [0.3, 0.4) is 0 Å². The SMILES string of the molecule is CN=C(NCCC(=O)N1CCCC(C)C1)NCCc1ccccc1OC. The lowest BCUT2D eigenvalue weighted by molar-refractivity contribution is -0.132. The number of ether oxygens (including phenoxy) is 1. The normalized spacial score (nSPS) is 17.7. The van der Waals surface area contributed by atoms with Crippen molar-refractivity contribution in [2.24, 2.45) is 10.9 Å². The maximum atomic E-state index is 12.3. The monoisotopic (exact) mass is 360 g/mol. The van der Waals surface area contributed by atoms with Crippen molar-refractivity contribution >= 4 is 11.9 Å². The van der Waals surface area contributed by atoms with Crippen molar-refractivity contribution in [2.45, 2.75) is 32.6 Å². The van der Waals surface area contributed by atoms with Crippen molar-refractivity contribution in [3.8, 4) is 5.75 Å². The number of aliphatic imine (C=N–C) groups is 1. The van der Waals surface area contributed by atoms with Crippen molar-refractivity contribution < 1.29 is 9.53 Å². The Morgan fingerprint density at radius 1 is 1.31 bits per heavy atom. The van der Waals surface area contributed by atoms with Crippen LogP contribution in [-0.2, 0) is 11.2 Å². The summed E-state index contributed by atoms with van der Waals surface area (Å²) in [5, 5.41) is 6.51. The van der Waals surface area contributed by atoms with Gasteiger partial charge in [0.25, 0.3) is 0 Å². The number of likely N-dealkylation sites (tertiary alicyclic amines) is 1. The summed E-state index contributed by atoms with van der Waals surface area (Å²) in [6.45, 7) is 5.35. The Morgan fingerprint density at radius 2 is 2.08 bits per heavy atom. The topological polar surface area (TPSA) is 66.0 Å². The third kappa shape index (κ3) is 6.24. The van der Waals surface area contributed by atoms with Crippen LogP contribution in [0.5, 0.6) is 5.75 Å². The lowest BCUT2D eigenvalue weighted by Crippen LogP contribution is -2.42. The molecule has 0 bridgehead atoms. The molecule has 1 aromatic carbocycles. The van der Waals surface area contributed by atoms with Crippen LogP contribution >= 0.6 is 0 Å². The zero-order valence-corrected chi connectivity index (χ0v) is 16.3. The van der Waals surface area contributed by atoms with Gasteiger partial charge in [-0.15, -0.1) is 0 Å². The molecule has 1 unspecified atom stereocenters. The second kappa shape index (κ2) is 10.7. The number of hydrogen-bond donors (Lipinski definition) is 2. The van der Waals surface area contributed by atoms with E-state index in [-0.39, 0.29) is 5.91 Å². The molecule has 0 aliphatic carbocycles. The third-order valence-corrected chi connectivity index (χ3v) is 4.74. The highest BCUT2D eigenvalue weighted by molar-refractivity contribution is 5.81. The highest BCUT2D eigenvalue weighted by atomic mass is 16.5. The summed E-state index contributed by atoms with van der Waals surface area (Å²) in [7, 11) is 3.43. The number of piperidine rings is 1. The fourth-order valence-electron chi connectivity index (χ4n) is 3.31. The molecule has 144 valence electrons. The van der Waals surface area contributed by atoms with Gasteiger partial charge in [0.05, 0.1) is 7.11 Å². The van der Waals surface area contributed by atoms with E-state index in [1.165, 1.54) is 6.42 Å². The molecule has 0 spiro atoms. The van der Waals surface area contributed by atoms with Gasteiger partial charge in [0.15, 0.2) is 5.96 Å². The van der Waals surface area contributed by atoms with Crippen LogP contribution in [0.1, 0.15) is 31.7 Å². The molecule has 1 saturated heterocycles. The molecular formula is C20H32N4O2. The Kier molecular flexibility index (Phi) is 8.25. The van der Waals surface area contributed by atoms with Gasteiger partial charge in [-0.1, -0.05) is 25.1 Å². The largest absolute Gasteiger partial charge is 0.496 e. The number of rotatable bonds is 7. The Bertz CT molecular complexity index is 603. The van der Waals surface area contributed by atoms with E-state index < -0.39 is 0 Å². The van der Waals surface area contributed by atoms with E-state index in [1.54, 1.807) is 14.2 Å². The lowest BCUT2D eigenvalue weighted by atomic mass is 10.00. The summed E-state index contributed by atoms with van der Waals surface area (Å²) in [6, 6.07) is 8.01. The summed E-state index contributed by atoms with van der Waals surface area (Å²) in [5.41, 5.74) is 1.16. The summed E-state index contributed by atoms with van der Waals surface area (Å²) >= 11 is 0. The molecule has 1 atom stereocenters. The smallest absolute Gasteiger partial charge is 0.224 e. The quantitative estimate of drug-likeness (QED) is 0.577. The molecule has 6 nitrogen and oxygen atoms in total. The van der Waals surface area contributed by atoms with Crippen molar-refractivity contribution in [1.29, 1.82) is 0 Å². The predicted molar refractivity (Wildman–Crippen MR) is 106 cm³/mol. The minimum absolute atomic E-state index is 0.230. The van der Waals surface area contributed by atoms with Crippen molar-refractivity contribution in [3.05, 3.63) is 29.8 Å². The Labute approximate surface area is 157 Å². The summed E-state index contributed by atoms with van der Waals surface area (Å²) < 4.78 is 5.37. The molecule has 1 aliphatic rings. The molecule has 1 amide bonds. The third-order valence-electron chi connectivity index (χ3n) is 4.74. The van der Waals surface area contributed by atoms with Crippen molar-refractivity contribution in [2.75, 3.05) is 40.3 Å². The number of carbonyl (C=O) groups is 1. The maximum Gasteiger partial charge on any atom is 0.224 e. The molecular weight excluding hydrogens is 328 g/mol. The number of benzene rings is 1. The molecule has 2 rings (SSSR count). The maximum absolute atomic E-state index is 12.3. The van der Waals surface area contributed by atoms with Crippen molar-refractivity contribution in [3.63, 3.8) is 0 Å². The average Bonchev–Trinajstić information content (AvgIpc) is 2.67. The number of para-hydroxylation sites is 1. The van der Waals surface area contributed by atoms with Gasteiger partial charge < -0.3 is 20.3 Å². The zero-order chi connectivity index (χ0) is 18.8. The number of nitrogens with one attached hydrogen (secondary N) is 2. The number of guanidine groups is 1. The van der Waals surface area contributed by atoms with E-state index in [1.807, 2.05) is 23.1 Å². The molecule has 0 radical (unpaired) electrons. The van der Waals surface area contributed by atoms with Gasteiger partial charge in [-0.2, -0.15) is 0 Å². The first kappa shape index (κ1) is 20.1. The first-order valence-corrected chi connectivity index (χ1v) is 9.48. The first-order valence-electron chi connectivity index (χ1n) is 9.48. The van der Waals surface area contributed by atoms with E-state index in [9.17, 15) is 4.79 Å². The zero-order valence-electron chi connectivity index (χ0n) is 16.3. The van der Waals surface area contributed by atoms with Crippen LogP contribution in [0.15, 0.2) is 29.3 Å². The van der Waals surface area contributed by atoms with Crippen LogP contribution in [0.25, 0.3) is 0 Å². The van der Waals surface area contributed by atoms with E-state index in [0.717, 1.165) is 49.7 Å². The summed E-state index contributed by atoms with van der Waals surface area (Å²) in [5.74, 6) is 2.47.